The fourth-order valence-corrected chi connectivity index (χ4v) is 2.41. The normalized spacial score (nSPS) is 24.3. The minimum atomic E-state index is 0. The van der Waals surface area contributed by atoms with E-state index in [1.807, 2.05) is 0 Å². The van der Waals surface area contributed by atoms with Gasteiger partial charge in [0.15, 0.2) is 5.78 Å². The predicted octanol–water partition coefficient (Wildman–Crippen LogP) is -7.17. The van der Waals surface area contributed by atoms with Gasteiger partial charge in [0.05, 0.1) is 18.7 Å². The number of ketones is 1. The van der Waals surface area contributed by atoms with E-state index < -0.39 is 0 Å². The van der Waals surface area contributed by atoms with E-state index in [0.29, 0.717) is 5.78 Å². The van der Waals surface area contributed by atoms with E-state index in [1.54, 1.807) is 0 Å². The fourth-order valence-electron chi connectivity index (χ4n) is 2.41. The Hall–Kier alpha value is -0.0900. The van der Waals surface area contributed by atoms with Crippen molar-refractivity contribution < 1.29 is 40.7 Å². The molecule has 1 aliphatic heterocycles. The van der Waals surface area contributed by atoms with Crippen molar-refractivity contribution in [1.29, 1.82) is 0 Å². The van der Waals surface area contributed by atoms with E-state index in [1.165, 1.54) is 18.7 Å². The van der Waals surface area contributed by atoms with Crippen molar-refractivity contribution in [3.05, 3.63) is 11.3 Å². The van der Waals surface area contributed by atoms with E-state index >= 15 is 0 Å². The lowest BCUT2D eigenvalue weighted by molar-refractivity contribution is -0.612. The van der Waals surface area contributed by atoms with Crippen LogP contribution in [-0.2, 0) is 4.79 Å². The number of carbonyl (C=O) groups is 1. The minimum Gasteiger partial charge on any atom is -1.00 e. The van der Waals surface area contributed by atoms with Gasteiger partial charge >= 0.3 is 0 Å². The Balaban J connectivity index is 0.000000980. The molecule has 0 aromatic rings. The van der Waals surface area contributed by atoms with Gasteiger partial charge in [-0.3, -0.25) is 4.79 Å². The first-order chi connectivity index (χ1) is 6.33. The maximum absolute atomic E-state index is 11.8. The summed E-state index contributed by atoms with van der Waals surface area (Å²) < 4.78 is 0. The first-order valence-electron chi connectivity index (χ1n) is 5.21. The van der Waals surface area contributed by atoms with Gasteiger partial charge in [0.25, 0.3) is 0 Å². The molecule has 0 radical (unpaired) electrons. The number of rotatable bonds is 2. The molecule has 0 fully saturated rings. The molecule has 3 nitrogen and oxygen atoms in total. The highest BCUT2D eigenvalue weighted by Gasteiger charge is 2.36. The van der Waals surface area contributed by atoms with Crippen LogP contribution in [0.3, 0.4) is 0 Å². The number of hydrogen-bond acceptors (Lipinski definition) is 1. The van der Waals surface area contributed by atoms with Gasteiger partial charge in [-0.25, -0.2) is 0 Å². The number of quaternary nitrogens is 2. The van der Waals surface area contributed by atoms with Crippen LogP contribution in [0, 0.1) is 5.92 Å². The van der Waals surface area contributed by atoms with Crippen molar-refractivity contribution in [1.82, 2.24) is 0 Å². The van der Waals surface area contributed by atoms with Gasteiger partial charge < -0.3 is 35.9 Å². The summed E-state index contributed by atoms with van der Waals surface area (Å²) in [5, 5.41) is 2.26. The van der Waals surface area contributed by atoms with Crippen molar-refractivity contribution in [2.24, 2.45) is 5.92 Å². The Morgan fingerprint density at radius 1 is 1.40 bits per heavy atom. The Morgan fingerprint density at radius 2 is 2.13 bits per heavy atom. The van der Waals surface area contributed by atoms with Crippen molar-refractivity contribution in [3.8, 4) is 0 Å². The average molecular weight is 253 g/mol. The van der Waals surface area contributed by atoms with Crippen LogP contribution in [0.4, 0.5) is 0 Å². The highest BCUT2D eigenvalue weighted by atomic mass is 35.5. The smallest absolute Gasteiger partial charge is 0.168 e. The van der Waals surface area contributed by atoms with Crippen LogP contribution in [-0.4, -0.2) is 18.9 Å². The van der Waals surface area contributed by atoms with Crippen molar-refractivity contribution in [3.63, 3.8) is 0 Å². The third kappa shape index (κ3) is 2.94. The van der Waals surface area contributed by atoms with Crippen LogP contribution in [0.1, 0.15) is 25.7 Å². The van der Waals surface area contributed by atoms with Gasteiger partial charge in [-0.15, -0.1) is 0 Å². The lowest BCUT2D eigenvalue weighted by Gasteiger charge is -2.09. The number of halogens is 2. The summed E-state index contributed by atoms with van der Waals surface area (Å²) in [7, 11) is 0. The van der Waals surface area contributed by atoms with E-state index in [-0.39, 0.29) is 30.7 Å². The SMILES string of the molecule is [Cl-].[Cl-].[NH3+]CCC1CC2=C(CCC[NH2+]2)C1=O. The quantitative estimate of drug-likeness (QED) is 0.505. The Labute approximate surface area is 103 Å². The zero-order valence-electron chi connectivity index (χ0n) is 8.77. The van der Waals surface area contributed by atoms with Gasteiger partial charge in [0.1, 0.15) is 5.70 Å². The van der Waals surface area contributed by atoms with Gasteiger partial charge in [-0.2, -0.15) is 0 Å². The summed E-state index contributed by atoms with van der Waals surface area (Å²) in [6, 6.07) is 0. The van der Waals surface area contributed by atoms with Crippen LogP contribution in [0.2, 0.25) is 0 Å². The maximum atomic E-state index is 11.8. The summed E-state index contributed by atoms with van der Waals surface area (Å²) in [5.74, 6) is 0.700. The van der Waals surface area contributed by atoms with Gasteiger partial charge in [-0.1, -0.05) is 0 Å². The lowest BCUT2D eigenvalue weighted by atomic mass is 9.98. The second-order valence-corrected chi connectivity index (χ2v) is 4.01. The van der Waals surface area contributed by atoms with E-state index in [4.69, 9.17) is 0 Å². The molecule has 0 aromatic carbocycles. The Kier molecular flexibility index (Phi) is 6.44. The number of nitrogens with two attached hydrogens (primary N) is 1. The zero-order valence-corrected chi connectivity index (χ0v) is 10.3. The van der Waals surface area contributed by atoms with Crippen LogP contribution in [0.5, 0.6) is 0 Å². The minimum absolute atomic E-state index is 0. The summed E-state index contributed by atoms with van der Waals surface area (Å²) in [6.07, 6.45) is 4.17. The van der Waals surface area contributed by atoms with Crippen LogP contribution < -0.4 is 35.9 Å². The van der Waals surface area contributed by atoms with Crippen LogP contribution >= 0.6 is 0 Å². The predicted molar refractivity (Wildman–Crippen MR) is 48.5 cm³/mol. The molecule has 88 valence electrons. The van der Waals surface area contributed by atoms with Crippen molar-refractivity contribution in [2.75, 3.05) is 13.1 Å². The molecule has 0 saturated heterocycles. The standard InChI is InChI=1S/C10H16N2O.2ClH/c11-4-3-7-6-9-8(10(7)13)2-1-5-12-9;;/h7,12H,1-6,11H2;2*1H. The Morgan fingerprint density at radius 3 is 2.73 bits per heavy atom. The van der Waals surface area contributed by atoms with Crippen molar-refractivity contribution in [2.45, 2.75) is 25.7 Å². The molecule has 2 rings (SSSR count). The Bertz CT molecular complexity index is 266. The molecule has 5 N–H and O–H groups in total. The summed E-state index contributed by atoms with van der Waals surface area (Å²) in [4.78, 5) is 11.8. The third-order valence-electron chi connectivity index (χ3n) is 3.10. The van der Waals surface area contributed by atoms with Crippen LogP contribution in [0.25, 0.3) is 0 Å². The molecular formula is C10H18Cl2N2O. The molecule has 0 amide bonds. The molecule has 15 heavy (non-hydrogen) atoms. The van der Waals surface area contributed by atoms with E-state index in [2.05, 4.69) is 11.1 Å². The zero-order chi connectivity index (χ0) is 9.26. The summed E-state index contributed by atoms with van der Waals surface area (Å²) >= 11 is 0. The number of allylic oxidation sites excluding steroid dienone is 2. The molecule has 2 aliphatic rings. The highest BCUT2D eigenvalue weighted by Crippen LogP contribution is 2.30. The van der Waals surface area contributed by atoms with E-state index in [0.717, 1.165) is 31.4 Å². The van der Waals surface area contributed by atoms with Crippen LogP contribution in [0.15, 0.2) is 11.3 Å². The number of carbonyl (C=O) groups excluding carboxylic acids is 1. The monoisotopic (exact) mass is 252 g/mol. The third-order valence-corrected chi connectivity index (χ3v) is 3.10. The molecule has 1 atom stereocenters. The second kappa shape index (κ2) is 6.48. The first kappa shape index (κ1) is 14.9. The van der Waals surface area contributed by atoms with E-state index in [9.17, 15) is 4.79 Å². The molecular weight excluding hydrogens is 235 g/mol. The molecule has 0 bridgehead atoms. The van der Waals surface area contributed by atoms with Crippen molar-refractivity contribution >= 4 is 5.78 Å². The molecule has 1 heterocycles. The molecule has 0 spiro atoms. The second-order valence-electron chi connectivity index (χ2n) is 4.01. The molecule has 0 saturated carbocycles. The number of Topliss-reactive ketones (excluding diaryl/α,β-unsaturated/α-hetero) is 1. The molecule has 5 heteroatoms. The van der Waals surface area contributed by atoms with Gasteiger partial charge in [0, 0.05) is 25.2 Å². The lowest BCUT2D eigenvalue weighted by Crippen LogP contribution is -3.00. The molecule has 1 aliphatic carbocycles. The first-order valence-corrected chi connectivity index (χ1v) is 5.21. The number of hydrogen-bond donors (Lipinski definition) is 2. The molecule has 0 aromatic heterocycles. The average Bonchev–Trinajstić information content (AvgIpc) is 2.46. The fraction of sp³-hybridized carbons (Fsp3) is 0.700. The maximum Gasteiger partial charge on any atom is 0.168 e. The van der Waals surface area contributed by atoms with Gasteiger partial charge in [0.2, 0.25) is 0 Å². The molecule has 1 unspecified atom stereocenters. The topological polar surface area (TPSA) is 61.3 Å². The highest BCUT2D eigenvalue weighted by molar-refractivity contribution is 6.00. The van der Waals surface area contributed by atoms with Gasteiger partial charge in [-0.05, 0) is 6.42 Å². The summed E-state index contributed by atoms with van der Waals surface area (Å²) in [6.45, 7) is 2.06. The summed E-state index contributed by atoms with van der Waals surface area (Å²) in [5.41, 5.74) is 6.32. The largest absolute Gasteiger partial charge is 1.00 e.